The number of rotatable bonds is 4. The maximum atomic E-state index is 5.45. The highest BCUT2D eigenvalue weighted by Crippen LogP contribution is 2.43. The van der Waals surface area contributed by atoms with Crippen LogP contribution >= 0.6 is 22.7 Å². The lowest BCUT2D eigenvalue weighted by molar-refractivity contribution is 1.31. The van der Waals surface area contributed by atoms with E-state index in [0.29, 0.717) is 0 Å². The molecule has 2 aliphatic rings. The lowest BCUT2D eigenvalue weighted by Gasteiger charge is -2.07. The zero-order chi connectivity index (χ0) is 34.5. The van der Waals surface area contributed by atoms with Gasteiger partial charge in [-0.05, 0) is 104 Å². The first-order valence-corrected chi connectivity index (χ1v) is 18.7. The summed E-state index contributed by atoms with van der Waals surface area (Å²) >= 11 is 3.58. The largest absolute Gasteiger partial charge is 0.265 e. The Kier molecular flexibility index (Phi) is 7.87. The molecule has 8 bridgehead atoms. The number of benzene rings is 3. The van der Waals surface area contributed by atoms with Crippen molar-refractivity contribution >= 4 is 65.8 Å². The Morgan fingerprint density at radius 3 is 0.902 bits per heavy atom. The number of aromatic nitrogens is 3. The molecule has 2 aliphatic heterocycles. The summed E-state index contributed by atoms with van der Waals surface area (Å²) in [5.74, 6) is 0. The van der Waals surface area contributed by atoms with Crippen LogP contribution in [0.25, 0.3) is 87.6 Å². The Morgan fingerprint density at radius 2 is 0.608 bits per heavy atom. The fourth-order valence-corrected chi connectivity index (χ4v) is 9.16. The lowest BCUT2D eigenvalue weighted by atomic mass is 10.0. The number of hydrogen-bond donors (Lipinski definition) is 0. The normalized spacial score (nSPS) is 12.1. The Morgan fingerprint density at radius 1 is 0.333 bits per heavy atom. The summed E-state index contributed by atoms with van der Waals surface area (Å²) < 4.78 is 4.64. The Bertz CT molecular complexity index is 2640. The summed E-state index contributed by atoms with van der Waals surface area (Å²) in [6.45, 7) is 6.40. The van der Waals surface area contributed by atoms with Crippen molar-refractivity contribution in [2.24, 2.45) is 0 Å². The molecule has 0 unspecified atom stereocenters. The highest BCUT2D eigenvalue weighted by Gasteiger charge is 2.19. The fourth-order valence-electron chi connectivity index (χ4n) is 6.84. The second-order valence-corrected chi connectivity index (χ2v) is 15.3. The summed E-state index contributed by atoms with van der Waals surface area (Å²) in [6, 6.07) is 39.6. The van der Waals surface area contributed by atoms with Crippen molar-refractivity contribution in [3.63, 3.8) is 0 Å². The van der Waals surface area contributed by atoms with Gasteiger partial charge in [-0.2, -0.15) is 0 Å². The van der Waals surface area contributed by atoms with Crippen LogP contribution in [-0.4, -0.2) is 15.0 Å². The molecule has 6 heterocycles. The van der Waals surface area contributed by atoms with Gasteiger partial charge >= 0.3 is 0 Å². The maximum Gasteiger partial charge on any atom is 0.0730 e. The van der Waals surface area contributed by atoms with Gasteiger partial charge in [0.25, 0.3) is 0 Å². The van der Waals surface area contributed by atoms with E-state index in [1.165, 1.54) is 21.4 Å². The van der Waals surface area contributed by atoms with Gasteiger partial charge in [-0.25, -0.2) is 9.97 Å². The average molecular weight is 692 g/mol. The predicted octanol–water partition coefficient (Wildman–Crippen LogP) is 13.1. The van der Waals surface area contributed by atoms with E-state index in [0.717, 1.165) is 81.4 Å². The Balaban J connectivity index is 1.47. The average Bonchev–Trinajstić information content (AvgIpc) is 3.99. The third kappa shape index (κ3) is 5.84. The Labute approximate surface area is 305 Å². The third-order valence-electron chi connectivity index (χ3n) is 9.49. The highest BCUT2D eigenvalue weighted by molar-refractivity contribution is 7.24. The third-order valence-corrected chi connectivity index (χ3v) is 11.7. The van der Waals surface area contributed by atoms with E-state index in [4.69, 9.17) is 9.97 Å². The van der Waals surface area contributed by atoms with Crippen molar-refractivity contribution in [2.75, 3.05) is 0 Å². The molecule has 0 amide bonds. The van der Waals surface area contributed by atoms with Crippen molar-refractivity contribution < 1.29 is 0 Å². The van der Waals surface area contributed by atoms with Crippen molar-refractivity contribution in [1.29, 1.82) is 0 Å². The molecular formula is C46H33N3S2. The van der Waals surface area contributed by atoms with E-state index in [1.54, 1.807) is 22.7 Å². The van der Waals surface area contributed by atoms with Gasteiger partial charge in [0, 0.05) is 53.4 Å². The Hall–Kier alpha value is -5.75. The van der Waals surface area contributed by atoms with Crippen LogP contribution in [0.3, 0.4) is 0 Å². The van der Waals surface area contributed by atoms with Crippen LogP contribution in [0.1, 0.15) is 39.5 Å². The van der Waals surface area contributed by atoms with Crippen molar-refractivity contribution in [1.82, 2.24) is 15.0 Å². The van der Waals surface area contributed by atoms with Gasteiger partial charge in [0.1, 0.15) is 0 Å². The maximum absolute atomic E-state index is 5.45. The van der Waals surface area contributed by atoms with Gasteiger partial charge in [0.2, 0.25) is 0 Å². The minimum atomic E-state index is 0.940. The molecule has 4 aromatic heterocycles. The molecule has 0 saturated heterocycles. The number of hydrogen-bond acceptors (Lipinski definition) is 5. The molecule has 9 rings (SSSR count). The molecule has 0 spiro atoms. The molecular weight excluding hydrogens is 659 g/mol. The minimum absolute atomic E-state index is 0.940. The van der Waals surface area contributed by atoms with Gasteiger partial charge in [-0.3, -0.25) is 4.98 Å². The fraction of sp³-hybridized carbons (Fsp3) is 0.0652. The van der Waals surface area contributed by atoms with Crippen LogP contribution in [0.4, 0.5) is 0 Å². The lowest BCUT2D eigenvalue weighted by Crippen LogP contribution is -1.87. The monoisotopic (exact) mass is 691 g/mol. The van der Waals surface area contributed by atoms with E-state index in [2.05, 4.69) is 159 Å². The second kappa shape index (κ2) is 12.9. The number of pyridine rings is 1. The molecule has 3 aromatic carbocycles. The quantitative estimate of drug-likeness (QED) is 0.184. The van der Waals surface area contributed by atoms with Crippen LogP contribution in [-0.2, 0) is 0 Å². The van der Waals surface area contributed by atoms with Crippen LogP contribution in [0, 0.1) is 20.8 Å². The van der Waals surface area contributed by atoms with Gasteiger partial charge in [0.15, 0.2) is 0 Å². The van der Waals surface area contributed by atoms with E-state index in [9.17, 15) is 0 Å². The van der Waals surface area contributed by atoms with E-state index >= 15 is 0 Å². The predicted molar refractivity (Wildman–Crippen MR) is 220 cm³/mol. The number of thiophene rings is 2. The minimum Gasteiger partial charge on any atom is -0.265 e. The molecule has 0 saturated carbocycles. The summed E-state index contributed by atoms with van der Waals surface area (Å²) in [7, 11) is 0. The highest BCUT2D eigenvalue weighted by atomic mass is 32.1. The zero-order valence-electron chi connectivity index (χ0n) is 28.5. The SMILES string of the molecule is Cc1ccc(-c2c3nc(c(-c4ccc(C)cc4)c4ccc(s4)c(-c4ccc(C)cc4)c4nc(c(-c5ccncc5)c5ccc2s5)C=C4)C=C3)cc1. The molecule has 0 aliphatic carbocycles. The second-order valence-electron chi connectivity index (χ2n) is 13.1. The van der Waals surface area contributed by atoms with Crippen LogP contribution in [0.2, 0.25) is 0 Å². The summed E-state index contributed by atoms with van der Waals surface area (Å²) in [5, 5.41) is 0. The van der Waals surface area contributed by atoms with Crippen molar-refractivity contribution in [2.45, 2.75) is 20.8 Å². The molecule has 7 aromatic rings. The molecule has 51 heavy (non-hydrogen) atoms. The molecule has 0 N–H and O–H groups in total. The van der Waals surface area contributed by atoms with E-state index in [1.807, 2.05) is 12.4 Å². The summed E-state index contributed by atoms with van der Waals surface area (Å²) in [5.41, 5.74) is 16.5. The molecule has 244 valence electrons. The van der Waals surface area contributed by atoms with Gasteiger partial charge in [-0.15, -0.1) is 22.7 Å². The van der Waals surface area contributed by atoms with Crippen molar-refractivity contribution in [3.05, 3.63) is 161 Å². The summed E-state index contributed by atoms with van der Waals surface area (Å²) in [4.78, 5) is 15.2. The van der Waals surface area contributed by atoms with E-state index < -0.39 is 0 Å². The molecule has 3 nitrogen and oxygen atoms in total. The number of nitrogens with zero attached hydrogens (tertiary/aromatic N) is 3. The molecule has 0 atom stereocenters. The molecule has 5 heteroatoms. The first kappa shape index (κ1) is 31.2. The molecule has 0 radical (unpaired) electrons. The van der Waals surface area contributed by atoms with E-state index in [-0.39, 0.29) is 0 Å². The van der Waals surface area contributed by atoms with Crippen LogP contribution in [0.15, 0.2) is 122 Å². The first-order valence-electron chi connectivity index (χ1n) is 17.1. The topological polar surface area (TPSA) is 38.7 Å². The number of fused-ring (bicyclic) bond motifs is 8. The van der Waals surface area contributed by atoms with Crippen LogP contribution < -0.4 is 0 Å². The first-order chi connectivity index (χ1) is 25.0. The van der Waals surface area contributed by atoms with Gasteiger partial charge < -0.3 is 0 Å². The van der Waals surface area contributed by atoms with Crippen LogP contribution in [0.5, 0.6) is 0 Å². The molecule has 0 fully saturated rings. The summed E-state index contributed by atoms with van der Waals surface area (Å²) in [6.07, 6.45) is 12.4. The van der Waals surface area contributed by atoms with Gasteiger partial charge in [-0.1, -0.05) is 89.5 Å². The zero-order valence-corrected chi connectivity index (χ0v) is 30.1. The van der Waals surface area contributed by atoms with Gasteiger partial charge in [0.05, 0.1) is 22.8 Å². The smallest absolute Gasteiger partial charge is 0.0730 e. The number of aryl methyl sites for hydroxylation is 3. The standard InChI is InChI=1S/C46H33N3S2/c1-28-4-10-31(11-5-28)43-35-16-17-36(48-35)44(32-12-6-29(2)7-13-32)41-22-23-42(51-41)46(34-24-26-47-27-25-34)38-19-18-37(49-38)45(40-21-20-39(43)50-40)33-14-8-30(3)9-15-33/h4-27H,1-3H3. The van der Waals surface area contributed by atoms with Crippen molar-refractivity contribution in [3.8, 4) is 44.5 Å².